The molecule has 60 valence electrons. The van der Waals surface area contributed by atoms with Crippen LogP contribution < -0.4 is 10.5 Å². The summed E-state index contributed by atoms with van der Waals surface area (Å²) < 4.78 is 6.30. The second-order valence-electron chi connectivity index (χ2n) is 2.09. The second kappa shape index (κ2) is 4.36. The zero-order valence-electron chi connectivity index (χ0n) is 6.09. The summed E-state index contributed by atoms with van der Waals surface area (Å²) in [7, 11) is 0. The maximum Gasteiger partial charge on any atom is 0.120 e. The summed E-state index contributed by atoms with van der Waals surface area (Å²) in [5.41, 5.74) is 5.28. The zero-order chi connectivity index (χ0) is 8.10. The van der Waals surface area contributed by atoms with E-state index in [1.54, 1.807) is 0 Å². The van der Waals surface area contributed by atoms with Crippen LogP contribution >= 0.6 is 15.9 Å². The minimum Gasteiger partial charge on any atom is -0.492 e. The van der Waals surface area contributed by atoms with Crippen LogP contribution in [0.2, 0.25) is 0 Å². The molecule has 3 heteroatoms. The van der Waals surface area contributed by atoms with Crippen molar-refractivity contribution in [1.29, 1.82) is 0 Å². The molecule has 2 N–H and O–H groups in total. The van der Waals surface area contributed by atoms with Crippen LogP contribution in [-0.2, 0) is 0 Å². The molecule has 0 saturated carbocycles. The molecule has 0 atom stereocenters. The molecule has 0 spiro atoms. The fourth-order valence-electron chi connectivity index (χ4n) is 0.734. The molecule has 0 aliphatic rings. The molecule has 1 aromatic rings. The van der Waals surface area contributed by atoms with Gasteiger partial charge in [-0.1, -0.05) is 22.0 Å². The van der Waals surface area contributed by atoms with Gasteiger partial charge in [-0.05, 0) is 18.2 Å². The molecule has 0 radical (unpaired) electrons. The molecule has 0 aromatic heterocycles. The Morgan fingerprint density at radius 1 is 1.45 bits per heavy atom. The van der Waals surface area contributed by atoms with Gasteiger partial charge >= 0.3 is 0 Å². The van der Waals surface area contributed by atoms with Crippen LogP contribution in [0.1, 0.15) is 0 Å². The van der Waals surface area contributed by atoms with Crippen molar-refractivity contribution in [2.75, 3.05) is 13.2 Å². The predicted octanol–water partition coefficient (Wildman–Crippen LogP) is 1.79. The van der Waals surface area contributed by atoms with Crippen molar-refractivity contribution in [1.82, 2.24) is 0 Å². The Kier molecular flexibility index (Phi) is 3.39. The SMILES string of the molecule is NCCOc1cccc(Br)c1. The molecular formula is C8H10BrNO. The third kappa shape index (κ3) is 2.91. The Morgan fingerprint density at radius 2 is 2.27 bits per heavy atom. The van der Waals surface area contributed by atoms with Crippen LogP contribution in [0.3, 0.4) is 0 Å². The highest BCUT2D eigenvalue weighted by Gasteiger charge is 1.91. The van der Waals surface area contributed by atoms with Gasteiger partial charge in [0.25, 0.3) is 0 Å². The van der Waals surface area contributed by atoms with E-state index >= 15 is 0 Å². The number of hydrogen-bond donors (Lipinski definition) is 1. The lowest BCUT2D eigenvalue weighted by Gasteiger charge is -2.03. The summed E-state index contributed by atoms with van der Waals surface area (Å²) >= 11 is 3.34. The highest BCUT2D eigenvalue weighted by Crippen LogP contribution is 2.17. The monoisotopic (exact) mass is 215 g/mol. The molecule has 2 nitrogen and oxygen atoms in total. The zero-order valence-corrected chi connectivity index (χ0v) is 7.67. The maximum absolute atomic E-state index is 5.28. The highest BCUT2D eigenvalue weighted by molar-refractivity contribution is 9.10. The Balaban J connectivity index is 2.56. The standard InChI is InChI=1S/C8H10BrNO/c9-7-2-1-3-8(6-7)11-5-4-10/h1-3,6H,4-5,10H2. The van der Waals surface area contributed by atoms with E-state index in [0.717, 1.165) is 10.2 Å². The number of rotatable bonds is 3. The summed E-state index contributed by atoms with van der Waals surface area (Å²) in [6.45, 7) is 1.11. The first kappa shape index (κ1) is 8.56. The first-order valence-electron chi connectivity index (χ1n) is 3.41. The van der Waals surface area contributed by atoms with Crippen molar-refractivity contribution in [3.05, 3.63) is 28.7 Å². The van der Waals surface area contributed by atoms with Gasteiger partial charge in [-0.25, -0.2) is 0 Å². The van der Waals surface area contributed by atoms with Crippen molar-refractivity contribution in [3.63, 3.8) is 0 Å². The van der Waals surface area contributed by atoms with Gasteiger partial charge in [-0.15, -0.1) is 0 Å². The van der Waals surface area contributed by atoms with Gasteiger partial charge in [0.15, 0.2) is 0 Å². The van der Waals surface area contributed by atoms with Gasteiger partial charge < -0.3 is 10.5 Å². The average Bonchev–Trinajstić information content (AvgIpc) is 2.01. The molecule has 11 heavy (non-hydrogen) atoms. The highest BCUT2D eigenvalue weighted by atomic mass is 79.9. The Hall–Kier alpha value is -0.540. The lowest BCUT2D eigenvalue weighted by molar-refractivity contribution is 0.328. The maximum atomic E-state index is 5.28. The van der Waals surface area contributed by atoms with Crippen molar-refractivity contribution in [2.24, 2.45) is 5.73 Å². The molecule has 0 bridgehead atoms. The Labute approximate surface area is 74.5 Å². The molecule has 0 aliphatic heterocycles. The van der Waals surface area contributed by atoms with E-state index in [4.69, 9.17) is 10.5 Å². The van der Waals surface area contributed by atoms with Crippen molar-refractivity contribution in [3.8, 4) is 5.75 Å². The van der Waals surface area contributed by atoms with E-state index in [1.807, 2.05) is 24.3 Å². The quantitative estimate of drug-likeness (QED) is 0.835. The third-order valence-corrected chi connectivity index (χ3v) is 1.68. The van der Waals surface area contributed by atoms with Gasteiger partial charge in [0.1, 0.15) is 12.4 Å². The summed E-state index contributed by atoms with van der Waals surface area (Å²) in [6.07, 6.45) is 0. The molecule has 0 unspecified atom stereocenters. The molecule has 0 saturated heterocycles. The van der Waals surface area contributed by atoms with Gasteiger partial charge in [-0.2, -0.15) is 0 Å². The van der Waals surface area contributed by atoms with Crippen LogP contribution in [0.5, 0.6) is 5.75 Å². The number of ether oxygens (including phenoxy) is 1. The van der Waals surface area contributed by atoms with Crippen LogP contribution in [0.4, 0.5) is 0 Å². The van der Waals surface area contributed by atoms with Crippen LogP contribution in [0.25, 0.3) is 0 Å². The number of benzene rings is 1. The van der Waals surface area contributed by atoms with E-state index in [9.17, 15) is 0 Å². The lowest BCUT2D eigenvalue weighted by Crippen LogP contribution is -2.10. The van der Waals surface area contributed by atoms with E-state index < -0.39 is 0 Å². The van der Waals surface area contributed by atoms with E-state index in [0.29, 0.717) is 13.2 Å². The van der Waals surface area contributed by atoms with E-state index in [1.165, 1.54) is 0 Å². The summed E-state index contributed by atoms with van der Waals surface area (Å²) in [4.78, 5) is 0. The van der Waals surface area contributed by atoms with Gasteiger partial charge in [0.05, 0.1) is 0 Å². The lowest BCUT2D eigenvalue weighted by atomic mass is 10.3. The van der Waals surface area contributed by atoms with Crippen molar-refractivity contribution in [2.45, 2.75) is 0 Å². The van der Waals surface area contributed by atoms with Gasteiger partial charge in [-0.3, -0.25) is 0 Å². The largest absolute Gasteiger partial charge is 0.492 e. The normalized spacial score (nSPS) is 9.64. The topological polar surface area (TPSA) is 35.2 Å². The fraction of sp³-hybridized carbons (Fsp3) is 0.250. The Bertz CT molecular complexity index is 227. The molecule has 0 fully saturated rings. The molecule has 1 aromatic carbocycles. The smallest absolute Gasteiger partial charge is 0.120 e. The first-order valence-corrected chi connectivity index (χ1v) is 4.20. The van der Waals surface area contributed by atoms with Crippen molar-refractivity contribution < 1.29 is 4.74 Å². The number of halogens is 1. The summed E-state index contributed by atoms with van der Waals surface area (Å²) in [5, 5.41) is 0. The predicted molar refractivity (Wildman–Crippen MR) is 48.7 cm³/mol. The molecule has 0 amide bonds. The minimum atomic E-state index is 0.548. The molecule has 0 heterocycles. The number of nitrogens with two attached hydrogens (primary N) is 1. The Morgan fingerprint density at radius 3 is 2.91 bits per heavy atom. The van der Waals surface area contributed by atoms with Crippen LogP contribution in [-0.4, -0.2) is 13.2 Å². The number of hydrogen-bond acceptors (Lipinski definition) is 2. The molecule has 0 aliphatic carbocycles. The second-order valence-corrected chi connectivity index (χ2v) is 3.01. The van der Waals surface area contributed by atoms with Gasteiger partial charge in [0, 0.05) is 11.0 Å². The van der Waals surface area contributed by atoms with Crippen LogP contribution in [0, 0.1) is 0 Å². The van der Waals surface area contributed by atoms with E-state index in [-0.39, 0.29) is 0 Å². The average molecular weight is 216 g/mol. The summed E-state index contributed by atoms with van der Waals surface area (Å²) in [6, 6.07) is 7.70. The molecular weight excluding hydrogens is 206 g/mol. The van der Waals surface area contributed by atoms with Crippen LogP contribution in [0.15, 0.2) is 28.7 Å². The molecule has 1 rings (SSSR count). The van der Waals surface area contributed by atoms with E-state index in [2.05, 4.69) is 15.9 Å². The summed E-state index contributed by atoms with van der Waals surface area (Å²) in [5.74, 6) is 0.852. The minimum absolute atomic E-state index is 0.548. The van der Waals surface area contributed by atoms with Crippen molar-refractivity contribution >= 4 is 15.9 Å². The first-order chi connectivity index (χ1) is 5.33. The third-order valence-electron chi connectivity index (χ3n) is 1.18. The van der Waals surface area contributed by atoms with Gasteiger partial charge in [0.2, 0.25) is 0 Å². The fourth-order valence-corrected chi connectivity index (χ4v) is 1.11.